The van der Waals surface area contributed by atoms with Crippen molar-refractivity contribution in [3.05, 3.63) is 0 Å². The number of hydrogen-bond acceptors (Lipinski definition) is 3. The Bertz CT molecular complexity index is 154. The molecular weight excluding hydrogens is 140 g/mol. The van der Waals surface area contributed by atoms with Crippen LogP contribution >= 0.6 is 0 Å². The van der Waals surface area contributed by atoms with Crippen LogP contribution in [-0.2, 0) is 4.74 Å². The zero-order valence-electron chi connectivity index (χ0n) is 7.21. The Kier molecular flexibility index (Phi) is 2.88. The molecule has 0 spiro atoms. The molecule has 0 aliphatic carbocycles. The van der Waals surface area contributed by atoms with Crippen LogP contribution in [0.2, 0.25) is 0 Å². The van der Waals surface area contributed by atoms with Crippen molar-refractivity contribution in [1.82, 2.24) is 0 Å². The second-order valence-corrected chi connectivity index (χ2v) is 3.32. The smallest absolute Gasteiger partial charge is 0.197 e. The molecule has 3 nitrogen and oxygen atoms in total. The van der Waals surface area contributed by atoms with Crippen molar-refractivity contribution in [2.45, 2.75) is 26.3 Å². The molecule has 0 amide bonds. The zero-order chi connectivity index (χ0) is 8.27. The number of hydrogen-bond donors (Lipinski definition) is 1. The largest absolute Gasteiger partial charge is 0.478 e. The van der Waals surface area contributed by atoms with Gasteiger partial charge in [-0.05, 0) is 12.3 Å². The molecule has 3 heteroatoms. The summed E-state index contributed by atoms with van der Waals surface area (Å²) >= 11 is 0. The summed E-state index contributed by atoms with van der Waals surface area (Å²) in [4.78, 5) is 4.32. The van der Waals surface area contributed by atoms with E-state index in [-0.39, 0.29) is 0 Å². The molecule has 0 radical (unpaired) electrons. The van der Waals surface area contributed by atoms with Gasteiger partial charge in [0.1, 0.15) is 6.61 Å². The Morgan fingerprint density at radius 3 is 2.91 bits per heavy atom. The van der Waals surface area contributed by atoms with Crippen LogP contribution < -0.4 is 5.73 Å². The summed E-state index contributed by atoms with van der Waals surface area (Å²) in [5.41, 5.74) is 5.37. The summed E-state index contributed by atoms with van der Waals surface area (Å²) in [7, 11) is 0. The van der Waals surface area contributed by atoms with E-state index < -0.39 is 0 Å². The second-order valence-electron chi connectivity index (χ2n) is 3.32. The Hall–Kier alpha value is -0.570. The molecule has 1 aliphatic heterocycles. The van der Waals surface area contributed by atoms with Gasteiger partial charge in [-0.2, -0.15) is 0 Å². The van der Waals surface area contributed by atoms with Crippen molar-refractivity contribution in [3.63, 3.8) is 0 Å². The van der Waals surface area contributed by atoms with Gasteiger partial charge >= 0.3 is 0 Å². The number of ether oxygens (including phenoxy) is 1. The van der Waals surface area contributed by atoms with E-state index in [2.05, 4.69) is 18.8 Å². The minimum atomic E-state index is 0.355. The summed E-state index contributed by atoms with van der Waals surface area (Å²) in [5.74, 6) is 1.40. The monoisotopic (exact) mass is 156 g/mol. The molecule has 1 heterocycles. The maximum absolute atomic E-state index is 5.37. The Morgan fingerprint density at radius 2 is 2.45 bits per heavy atom. The van der Waals surface area contributed by atoms with Crippen LogP contribution in [-0.4, -0.2) is 25.1 Å². The number of aliphatic imine (C=N–C) groups is 1. The lowest BCUT2D eigenvalue weighted by molar-refractivity contribution is 0.297. The Balaban J connectivity index is 2.34. The average Bonchev–Trinajstić information content (AvgIpc) is 2.34. The predicted octanol–water partition coefficient (Wildman–Crippen LogP) is 0.788. The number of rotatable bonds is 3. The lowest BCUT2D eigenvalue weighted by Crippen LogP contribution is -2.13. The van der Waals surface area contributed by atoms with Gasteiger partial charge in [0.15, 0.2) is 5.90 Å². The van der Waals surface area contributed by atoms with Crippen molar-refractivity contribution in [3.8, 4) is 0 Å². The lowest BCUT2D eigenvalue weighted by Gasteiger charge is -2.06. The topological polar surface area (TPSA) is 47.6 Å². The highest BCUT2D eigenvalue weighted by Gasteiger charge is 2.18. The van der Waals surface area contributed by atoms with Gasteiger partial charge in [-0.25, -0.2) is 4.99 Å². The molecule has 0 aromatic rings. The van der Waals surface area contributed by atoms with Crippen LogP contribution in [0, 0.1) is 5.92 Å². The van der Waals surface area contributed by atoms with Crippen LogP contribution in [0.5, 0.6) is 0 Å². The molecule has 2 N–H and O–H groups in total. The molecule has 0 bridgehead atoms. The van der Waals surface area contributed by atoms with Crippen molar-refractivity contribution < 1.29 is 4.74 Å². The molecule has 1 rings (SSSR count). The van der Waals surface area contributed by atoms with Gasteiger partial charge in [0.25, 0.3) is 0 Å². The highest BCUT2D eigenvalue weighted by molar-refractivity contribution is 5.79. The Labute approximate surface area is 67.6 Å². The fourth-order valence-corrected chi connectivity index (χ4v) is 1.25. The fourth-order valence-electron chi connectivity index (χ4n) is 1.25. The van der Waals surface area contributed by atoms with Crippen LogP contribution in [0.25, 0.3) is 0 Å². The highest BCUT2D eigenvalue weighted by Crippen LogP contribution is 2.13. The van der Waals surface area contributed by atoms with Crippen molar-refractivity contribution in [1.29, 1.82) is 0 Å². The second kappa shape index (κ2) is 3.72. The number of nitrogens with two attached hydrogens (primary N) is 1. The van der Waals surface area contributed by atoms with Gasteiger partial charge in [-0.1, -0.05) is 13.8 Å². The molecule has 64 valence electrons. The summed E-state index contributed by atoms with van der Waals surface area (Å²) in [6, 6.07) is 0.355. The molecule has 0 saturated heterocycles. The van der Waals surface area contributed by atoms with Crippen molar-refractivity contribution >= 4 is 5.90 Å². The standard InChI is InChI=1S/C8H16N2O/c1-6(2)3-7-5-11-8(4-9)10-7/h6-7H,3-5,9H2,1-2H3. The Morgan fingerprint density at radius 1 is 1.73 bits per heavy atom. The van der Waals surface area contributed by atoms with Crippen molar-refractivity contribution in [2.24, 2.45) is 16.6 Å². The molecule has 0 aromatic carbocycles. The first-order valence-corrected chi connectivity index (χ1v) is 4.12. The minimum Gasteiger partial charge on any atom is -0.478 e. The molecule has 1 aliphatic rings. The van der Waals surface area contributed by atoms with Crippen LogP contribution in [0.15, 0.2) is 4.99 Å². The van der Waals surface area contributed by atoms with Gasteiger partial charge < -0.3 is 10.5 Å². The van der Waals surface area contributed by atoms with E-state index in [9.17, 15) is 0 Å². The van der Waals surface area contributed by atoms with E-state index in [0.29, 0.717) is 18.5 Å². The first-order valence-electron chi connectivity index (χ1n) is 4.12. The third kappa shape index (κ3) is 2.50. The van der Waals surface area contributed by atoms with Crippen molar-refractivity contribution in [2.75, 3.05) is 13.2 Å². The first-order chi connectivity index (χ1) is 5.22. The average molecular weight is 156 g/mol. The maximum atomic E-state index is 5.37. The zero-order valence-corrected chi connectivity index (χ0v) is 7.21. The molecule has 0 aromatic heterocycles. The van der Waals surface area contributed by atoms with E-state index in [0.717, 1.165) is 18.9 Å². The summed E-state index contributed by atoms with van der Waals surface area (Å²) < 4.78 is 5.24. The highest BCUT2D eigenvalue weighted by atomic mass is 16.5. The third-order valence-electron chi connectivity index (χ3n) is 1.69. The molecule has 1 atom stereocenters. The van der Waals surface area contributed by atoms with Gasteiger partial charge in [0, 0.05) is 0 Å². The third-order valence-corrected chi connectivity index (χ3v) is 1.69. The molecule has 0 fully saturated rings. The van der Waals surface area contributed by atoms with Crippen LogP contribution in [0.1, 0.15) is 20.3 Å². The number of nitrogens with zero attached hydrogens (tertiary/aromatic N) is 1. The predicted molar refractivity (Wildman–Crippen MR) is 45.7 cm³/mol. The van der Waals surface area contributed by atoms with E-state index in [1.807, 2.05) is 0 Å². The first kappa shape index (κ1) is 8.53. The minimum absolute atomic E-state index is 0.355. The van der Waals surface area contributed by atoms with E-state index in [4.69, 9.17) is 10.5 Å². The van der Waals surface area contributed by atoms with Gasteiger partial charge in [-0.3, -0.25) is 0 Å². The summed E-state index contributed by atoms with van der Waals surface area (Å²) in [5, 5.41) is 0. The van der Waals surface area contributed by atoms with E-state index in [1.165, 1.54) is 0 Å². The lowest BCUT2D eigenvalue weighted by atomic mass is 10.1. The van der Waals surface area contributed by atoms with Crippen LogP contribution in [0.3, 0.4) is 0 Å². The maximum Gasteiger partial charge on any atom is 0.197 e. The van der Waals surface area contributed by atoms with Gasteiger partial charge in [-0.15, -0.1) is 0 Å². The van der Waals surface area contributed by atoms with Crippen LogP contribution in [0.4, 0.5) is 0 Å². The normalized spacial score (nSPS) is 23.6. The fraction of sp³-hybridized carbons (Fsp3) is 0.875. The SMILES string of the molecule is CC(C)CC1COC(CN)=N1. The molecule has 1 unspecified atom stereocenters. The molecule has 0 saturated carbocycles. The van der Waals surface area contributed by atoms with Gasteiger partial charge in [0.2, 0.25) is 0 Å². The summed E-state index contributed by atoms with van der Waals surface area (Å²) in [6.07, 6.45) is 1.10. The summed E-state index contributed by atoms with van der Waals surface area (Å²) in [6.45, 7) is 5.55. The molecule has 11 heavy (non-hydrogen) atoms. The van der Waals surface area contributed by atoms with E-state index in [1.54, 1.807) is 0 Å². The molecular formula is C8H16N2O. The van der Waals surface area contributed by atoms with E-state index >= 15 is 0 Å². The quantitative estimate of drug-likeness (QED) is 0.656. The van der Waals surface area contributed by atoms with Gasteiger partial charge in [0.05, 0.1) is 12.6 Å².